The molecule has 0 spiro atoms. The molecule has 118 valence electrons. The molecular weight excluding hydrogens is 308 g/mol. The van der Waals surface area contributed by atoms with Crippen LogP contribution < -0.4 is 5.73 Å². The van der Waals surface area contributed by atoms with Crippen LogP contribution in [0.4, 0.5) is 0 Å². The number of hydrogen-bond acceptors (Lipinski definition) is 4. The fourth-order valence-electron chi connectivity index (χ4n) is 2.82. The molecular formula is C15H23ClN2O2S. The smallest absolute Gasteiger partial charge is 0.223 e. The number of aryl methyl sites for hydroxylation is 2. The first-order chi connectivity index (χ1) is 9.52. The topological polar surface area (TPSA) is 63.4 Å². The molecule has 0 aromatic carbocycles. The van der Waals surface area contributed by atoms with Gasteiger partial charge in [-0.1, -0.05) is 0 Å². The number of rotatable bonds is 5. The van der Waals surface area contributed by atoms with Gasteiger partial charge in [-0.25, -0.2) is 0 Å². The van der Waals surface area contributed by atoms with Gasteiger partial charge in [-0.15, -0.1) is 23.7 Å². The molecule has 6 heteroatoms. The van der Waals surface area contributed by atoms with Crippen molar-refractivity contribution in [2.24, 2.45) is 5.73 Å². The van der Waals surface area contributed by atoms with Gasteiger partial charge in [-0.3, -0.25) is 9.59 Å². The number of carbonyl (C=O) groups is 2. The molecule has 0 bridgehead atoms. The monoisotopic (exact) mass is 330 g/mol. The molecule has 1 aliphatic heterocycles. The van der Waals surface area contributed by atoms with Crippen LogP contribution >= 0.6 is 23.7 Å². The summed E-state index contributed by atoms with van der Waals surface area (Å²) >= 11 is 1.63. The van der Waals surface area contributed by atoms with E-state index in [1.807, 2.05) is 24.8 Å². The van der Waals surface area contributed by atoms with E-state index in [1.165, 1.54) is 0 Å². The van der Waals surface area contributed by atoms with Crippen molar-refractivity contribution in [3.05, 3.63) is 21.4 Å². The third-order valence-corrected chi connectivity index (χ3v) is 4.84. The average molecular weight is 331 g/mol. The predicted octanol–water partition coefficient (Wildman–Crippen LogP) is 2.70. The zero-order valence-electron chi connectivity index (χ0n) is 12.6. The molecule has 1 fully saturated rings. The molecule has 2 N–H and O–H groups in total. The second-order valence-electron chi connectivity index (χ2n) is 5.37. The maximum Gasteiger partial charge on any atom is 0.223 e. The molecule has 0 saturated carbocycles. The minimum Gasteiger partial charge on any atom is -0.338 e. The first kappa shape index (κ1) is 18.1. The zero-order chi connectivity index (χ0) is 14.7. The summed E-state index contributed by atoms with van der Waals surface area (Å²) in [4.78, 5) is 28.3. The minimum atomic E-state index is 0. The van der Waals surface area contributed by atoms with Gasteiger partial charge in [0.15, 0.2) is 5.78 Å². The van der Waals surface area contributed by atoms with Crippen LogP contribution in [0, 0.1) is 13.8 Å². The number of nitrogens with zero attached hydrogens (tertiary/aromatic N) is 1. The third-order valence-electron chi connectivity index (χ3n) is 3.88. The van der Waals surface area contributed by atoms with Crippen molar-refractivity contribution in [2.75, 3.05) is 13.1 Å². The summed E-state index contributed by atoms with van der Waals surface area (Å²) in [7, 11) is 0. The molecule has 1 atom stereocenters. The highest BCUT2D eigenvalue weighted by atomic mass is 35.5. The van der Waals surface area contributed by atoms with Crippen molar-refractivity contribution in [3.63, 3.8) is 0 Å². The van der Waals surface area contributed by atoms with Gasteiger partial charge in [-0.2, -0.15) is 0 Å². The van der Waals surface area contributed by atoms with Crippen molar-refractivity contribution in [1.82, 2.24) is 4.90 Å². The first-order valence-electron chi connectivity index (χ1n) is 7.12. The maximum atomic E-state index is 12.2. The standard InChI is InChI=1S/C15H22N2O2S.ClH/c1-10-8-13(11(2)20-10)14(18)5-6-15(19)17-7-3-4-12(17)9-16;/h8,12H,3-7,9,16H2,1-2H3;1H. The lowest BCUT2D eigenvalue weighted by Gasteiger charge is -2.23. The number of ketones is 1. The summed E-state index contributed by atoms with van der Waals surface area (Å²) in [6.45, 7) is 5.25. The van der Waals surface area contributed by atoms with Crippen molar-refractivity contribution in [3.8, 4) is 0 Å². The van der Waals surface area contributed by atoms with Gasteiger partial charge >= 0.3 is 0 Å². The van der Waals surface area contributed by atoms with E-state index in [4.69, 9.17) is 5.73 Å². The Morgan fingerprint density at radius 3 is 2.67 bits per heavy atom. The lowest BCUT2D eigenvalue weighted by Crippen LogP contribution is -2.39. The Kier molecular flexibility index (Phi) is 6.84. The van der Waals surface area contributed by atoms with Gasteiger partial charge in [-0.05, 0) is 32.8 Å². The summed E-state index contributed by atoms with van der Waals surface area (Å²) in [5.41, 5.74) is 6.45. The van der Waals surface area contributed by atoms with Crippen molar-refractivity contribution < 1.29 is 9.59 Å². The van der Waals surface area contributed by atoms with Gasteiger partial charge in [0.2, 0.25) is 5.91 Å². The van der Waals surface area contributed by atoms with E-state index in [2.05, 4.69) is 0 Å². The van der Waals surface area contributed by atoms with Crippen LogP contribution in [-0.4, -0.2) is 35.7 Å². The summed E-state index contributed by atoms with van der Waals surface area (Å²) in [6, 6.07) is 2.09. The van der Waals surface area contributed by atoms with Crippen LogP contribution in [0.2, 0.25) is 0 Å². The van der Waals surface area contributed by atoms with Gasteiger partial charge in [0.1, 0.15) is 0 Å². The summed E-state index contributed by atoms with van der Waals surface area (Å²) in [5, 5.41) is 0. The second kappa shape index (κ2) is 7.92. The number of thiophene rings is 1. The van der Waals surface area contributed by atoms with E-state index in [-0.39, 0.29) is 30.1 Å². The van der Waals surface area contributed by atoms with E-state index >= 15 is 0 Å². The van der Waals surface area contributed by atoms with Crippen LogP contribution in [0.15, 0.2) is 6.07 Å². The fourth-order valence-corrected chi connectivity index (χ4v) is 3.76. The number of amides is 1. The molecule has 1 saturated heterocycles. The molecule has 4 nitrogen and oxygen atoms in total. The minimum absolute atomic E-state index is 0. The van der Waals surface area contributed by atoms with E-state index in [1.54, 1.807) is 11.3 Å². The van der Waals surface area contributed by atoms with Crippen molar-refractivity contribution in [2.45, 2.75) is 45.6 Å². The molecule has 2 rings (SSSR count). The van der Waals surface area contributed by atoms with Gasteiger partial charge in [0.25, 0.3) is 0 Å². The molecule has 0 aliphatic carbocycles. The number of halogens is 1. The third kappa shape index (κ3) is 4.28. The Bertz CT molecular complexity index is 516. The SMILES string of the molecule is Cc1cc(C(=O)CCC(=O)N2CCCC2CN)c(C)s1.Cl. The summed E-state index contributed by atoms with van der Waals surface area (Å²) in [5.74, 6) is 0.139. The Balaban J connectivity index is 0.00000220. The van der Waals surface area contributed by atoms with Gasteiger partial charge in [0.05, 0.1) is 0 Å². The van der Waals surface area contributed by atoms with Crippen molar-refractivity contribution in [1.29, 1.82) is 0 Å². The maximum absolute atomic E-state index is 12.2. The molecule has 0 radical (unpaired) electrons. The van der Waals surface area contributed by atoms with Crippen LogP contribution in [0.5, 0.6) is 0 Å². The molecule has 21 heavy (non-hydrogen) atoms. The number of likely N-dealkylation sites (tertiary alicyclic amines) is 1. The highest BCUT2D eigenvalue weighted by Gasteiger charge is 2.27. The number of nitrogens with two attached hydrogens (primary N) is 1. The zero-order valence-corrected chi connectivity index (χ0v) is 14.2. The Hall–Kier alpha value is -0.910. The number of carbonyl (C=O) groups excluding carboxylic acids is 2. The molecule has 1 unspecified atom stereocenters. The Morgan fingerprint density at radius 1 is 1.38 bits per heavy atom. The van der Waals surface area contributed by atoms with Crippen LogP contribution in [0.25, 0.3) is 0 Å². The average Bonchev–Trinajstić information content (AvgIpc) is 3.01. The highest BCUT2D eigenvalue weighted by molar-refractivity contribution is 7.12. The molecule has 1 aromatic heterocycles. The van der Waals surface area contributed by atoms with E-state index in [9.17, 15) is 9.59 Å². The molecule has 1 aliphatic rings. The van der Waals surface area contributed by atoms with Crippen LogP contribution in [0.1, 0.15) is 45.8 Å². The van der Waals surface area contributed by atoms with Crippen LogP contribution in [-0.2, 0) is 4.79 Å². The normalized spacial score (nSPS) is 17.7. The Labute approximate surface area is 136 Å². The van der Waals surface area contributed by atoms with Gasteiger partial charge in [0, 0.05) is 47.3 Å². The van der Waals surface area contributed by atoms with Crippen molar-refractivity contribution >= 4 is 35.4 Å². The summed E-state index contributed by atoms with van der Waals surface area (Å²) in [6.07, 6.45) is 2.59. The van der Waals surface area contributed by atoms with E-state index in [0.717, 1.165) is 34.7 Å². The quantitative estimate of drug-likeness (QED) is 0.844. The first-order valence-corrected chi connectivity index (χ1v) is 7.94. The lowest BCUT2D eigenvalue weighted by atomic mass is 10.1. The molecule has 2 heterocycles. The van der Waals surface area contributed by atoms with Gasteiger partial charge < -0.3 is 10.6 Å². The van der Waals surface area contributed by atoms with Crippen LogP contribution in [0.3, 0.4) is 0 Å². The predicted molar refractivity (Wildman–Crippen MR) is 88.4 cm³/mol. The largest absolute Gasteiger partial charge is 0.338 e. The number of hydrogen-bond donors (Lipinski definition) is 1. The van der Waals surface area contributed by atoms with E-state index < -0.39 is 0 Å². The molecule has 1 aromatic rings. The molecule has 1 amide bonds. The number of Topliss-reactive ketones (excluding diaryl/α,β-unsaturated/α-hetero) is 1. The second-order valence-corrected chi connectivity index (χ2v) is 6.83. The summed E-state index contributed by atoms with van der Waals surface area (Å²) < 4.78 is 0. The fraction of sp³-hybridized carbons (Fsp3) is 0.600. The van der Waals surface area contributed by atoms with E-state index in [0.29, 0.717) is 19.4 Å². The lowest BCUT2D eigenvalue weighted by molar-refractivity contribution is -0.131. The highest BCUT2D eigenvalue weighted by Crippen LogP contribution is 2.23. The Morgan fingerprint density at radius 2 is 2.10 bits per heavy atom.